The molecule has 0 aliphatic rings. The van der Waals surface area contributed by atoms with Crippen LogP contribution in [0, 0.1) is 0 Å². The summed E-state index contributed by atoms with van der Waals surface area (Å²) in [6.45, 7) is 2.93. The van der Waals surface area contributed by atoms with Gasteiger partial charge in [-0.05, 0) is 6.92 Å². The molecule has 1 aromatic rings. The third-order valence-electron chi connectivity index (χ3n) is 1.63. The predicted octanol–water partition coefficient (Wildman–Crippen LogP) is -0.156. The van der Waals surface area contributed by atoms with E-state index in [1.807, 2.05) is 6.92 Å². The molecule has 68 valence electrons. The number of nitrogens with zero attached hydrogens (tertiary/aromatic N) is 3. The molecule has 1 rings (SSSR count). The van der Waals surface area contributed by atoms with Crippen LogP contribution in [0.4, 0.5) is 0 Å². The molecule has 0 aliphatic carbocycles. The van der Waals surface area contributed by atoms with E-state index in [9.17, 15) is 0 Å². The highest BCUT2D eigenvalue weighted by molar-refractivity contribution is 4.91. The summed E-state index contributed by atoms with van der Waals surface area (Å²) in [6, 6.07) is 0. The number of aromatic nitrogens is 3. The lowest BCUT2D eigenvalue weighted by Gasteiger charge is -2.01. The van der Waals surface area contributed by atoms with E-state index in [0.717, 1.165) is 5.82 Å². The maximum Gasteiger partial charge on any atom is 0.158 e. The molecule has 5 nitrogen and oxygen atoms in total. The van der Waals surface area contributed by atoms with Crippen LogP contribution in [0.15, 0.2) is 0 Å². The van der Waals surface area contributed by atoms with Crippen molar-refractivity contribution >= 4 is 0 Å². The first-order valence-corrected chi connectivity index (χ1v) is 3.85. The molecule has 0 radical (unpaired) electrons. The number of aliphatic hydroxyl groups excluding tert-OH is 1. The standard InChI is InChI=1S/C7H13N3O2/c1-3-12-5-7-9-8-6(4-11)10(7)2/h11H,3-5H2,1-2H3. The number of ether oxygens (including phenoxy) is 1. The van der Waals surface area contributed by atoms with Gasteiger partial charge in [0.1, 0.15) is 13.2 Å². The van der Waals surface area contributed by atoms with Crippen LogP contribution in [-0.4, -0.2) is 26.5 Å². The summed E-state index contributed by atoms with van der Waals surface area (Å²) in [7, 11) is 1.81. The molecule has 0 saturated heterocycles. The second-order valence-corrected chi connectivity index (χ2v) is 2.39. The summed E-state index contributed by atoms with van der Waals surface area (Å²) in [6.07, 6.45) is 0. The number of hydrogen-bond donors (Lipinski definition) is 1. The van der Waals surface area contributed by atoms with Crippen LogP contribution in [-0.2, 0) is 25.0 Å². The molecule has 0 saturated carbocycles. The van der Waals surface area contributed by atoms with Crippen molar-refractivity contribution in [1.29, 1.82) is 0 Å². The minimum atomic E-state index is -0.0877. The Hall–Kier alpha value is -0.940. The van der Waals surface area contributed by atoms with E-state index in [1.165, 1.54) is 0 Å². The van der Waals surface area contributed by atoms with Crippen molar-refractivity contribution in [3.05, 3.63) is 11.6 Å². The molecule has 0 aliphatic heterocycles. The molecule has 5 heteroatoms. The van der Waals surface area contributed by atoms with Gasteiger partial charge in [-0.2, -0.15) is 0 Å². The van der Waals surface area contributed by atoms with E-state index in [2.05, 4.69) is 10.2 Å². The third-order valence-corrected chi connectivity index (χ3v) is 1.63. The number of aliphatic hydroxyl groups is 1. The zero-order chi connectivity index (χ0) is 8.97. The molecule has 0 atom stereocenters. The smallest absolute Gasteiger partial charge is 0.158 e. The molecular formula is C7H13N3O2. The summed E-state index contributed by atoms with van der Waals surface area (Å²) in [5.74, 6) is 1.30. The Kier molecular flexibility index (Phi) is 3.19. The normalized spacial score (nSPS) is 10.6. The Morgan fingerprint density at radius 1 is 1.42 bits per heavy atom. The summed E-state index contributed by atoms with van der Waals surface area (Å²) in [4.78, 5) is 0. The molecule has 1 heterocycles. The fourth-order valence-electron chi connectivity index (χ4n) is 0.855. The van der Waals surface area contributed by atoms with Gasteiger partial charge in [-0.15, -0.1) is 10.2 Å². The lowest BCUT2D eigenvalue weighted by atomic mass is 10.6. The molecule has 0 aromatic carbocycles. The van der Waals surface area contributed by atoms with Crippen molar-refractivity contribution in [3.63, 3.8) is 0 Å². The zero-order valence-electron chi connectivity index (χ0n) is 7.32. The summed E-state index contributed by atoms with van der Waals surface area (Å²) < 4.78 is 6.89. The summed E-state index contributed by atoms with van der Waals surface area (Å²) in [5, 5.41) is 16.4. The molecule has 1 N–H and O–H groups in total. The van der Waals surface area contributed by atoms with Crippen LogP contribution in [0.3, 0.4) is 0 Å². The van der Waals surface area contributed by atoms with Crippen LogP contribution in [0.25, 0.3) is 0 Å². The molecule has 0 spiro atoms. The second-order valence-electron chi connectivity index (χ2n) is 2.39. The van der Waals surface area contributed by atoms with Crippen molar-refractivity contribution in [1.82, 2.24) is 14.8 Å². The van der Waals surface area contributed by atoms with E-state index in [1.54, 1.807) is 11.6 Å². The highest BCUT2D eigenvalue weighted by atomic mass is 16.5. The van der Waals surface area contributed by atoms with E-state index in [0.29, 0.717) is 19.0 Å². The molecule has 12 heavy (non-hydrogen) atoms. The number of hydrogen-bond acceptors (Lipinski definition) is 4. The van der Waals surface area contributed by atoms with Gasteiger partial charge >= 0.3 is 0 Å². The van der Waals surface area contributed by atoms with Gasteiger partial charge in [0.2, 0.25) is 0 Å². The minimum absolute atomic E-state index is 0.0877. The Bertz CT molecular complexity index is 247. The van der Waals surface area contributed by atoms with Crippen LogP contribution >= 0.6 is 0 Å². The monoisotopic (exact) mass is 171 g/mol. The topological polar surface area (TPSA) is 60.2 Å². The fraction of sp³-hybridized carbons (Fsp3) is 0.714. The van der Waals surface area contributed by atoms with E-state index >= 15 is 0 Å². The highest BCUT2D eigenvalue weighted by Gasteiger charge is 2.06. The van der Waals surface area contributed by atoms with E-state index in [4.69, 9.17) is 9.84 Å². The number of rotatable bonds is 4. The molecular weight excluding hydrogens is 158 g/mol. The van der Waals surface area contributed by atoms with Gasteiger partial charge in [-0.1, -0.05) is 0 Å². The Balaban J connectivity index is 2.66. The first-order chi connectivity index (χ1) is 5.79. The van der Waals surface area contributed by atoms with Crippen molar-refractivity contribution < 1.29 is 9.84 Å². The van der Waals surface area contributed by atoms with Gasteiger partial charge in [0.25, 0.3) is 0 Å². The quantitative estimate of drug-likeness (QED) is 0.684. The molecule has 0 unspecified atom stereocenters. The van der Waals surface area contributed by atoms with Gasteiger partial charge in [-0.3, -0.25) is 0 Å². The lowest BCUT2D eigenvalue weighted by Crippen LogP contribution is -2.04. The van der Waals surface area contributed by atoms with Crippen molar-refractivity contribution in [3.8, 4) is 0 Å². The summed E-state index contributed by atoms with van der Waals surface area (Å²) >= 11 is 0. The predicted molar refractivity (Wildman–Crippen MR) is 42.3 cm³/mol. The fourth-order valence-corrected chi connectivity index (χ4v) is 0.855. The average Bonchev–Trinajstić information content (AvgIpc) is 2.43. The first kappa shape index (κ1) is 9.15. The van der Waals surface area contributed by atoms with Gasteiger partial charge in [0.15, 0.2) is 11.6 Å². The highest BCUT2D eigenvalue weighted by Crippen LogP contribution is 2.00. The van der Waals surface area contributed by atoms with Crippen LogP contribution in [0.5, 0.6) is 0 Å². The summed E-state index contributed by atoms with van der Waals surface area (Å²) in [5.41, 5.74) is 0. The van der Waals surface area contributed by atoms with Crippen LogP contribution < -0.4 is 0 Å². The van der Waals surface area contributed by atoms with Crippen molar-refractivity contribution in [2.75, 3.05) is 6.61 Å². The van der Waals surface area contributed by atoms with Crippen molar-refractivity contribution in [2.24, 2.45) is 7.05 Å². The van der Waals surface area contributed by atoms with Gasteiger partial charge < -0.3 is 14.4 Å². The van der Waals surface area contributed by atoms with E-state index < -0.39 is 0 Å². The lowest BCUT2D eigenvalue weighted by molar-refractivity contribution is 0.125. The Morgan fingerprint density at radius 2 is 2.08 bits per heavy atom. The van der Waals surface area contributed by atoms with Crippen LogP contribution in [0.2, 0.25) is 0 Å². The van der Waals surface area contributed by atoms with Gasteiger partial charge in [0.05, 0.1) is 0 Å². The molecule has 0 amide bonds. The minimum Gasteiger partial charge on any atom is -0.388 e. The molecule has 0 bridgehead atoms. The Morgan fingerprint density at radius 3 is 2.58 bits per heavy atom. The SMILES string of the molecule is CCOCc1nnc(CO)n1C. The zero-order valence-corrected chi connectivity index (χ0v) is 7.32. The molecule has 1 aromatic heterocycles. The van der Waals surface area contributed by atoms with Gasteiger partial charge in [0, 0.05) is 13.7 Å². The molecule has 0 fully saturated rings. The van der Waals surface area contributed by atoms with Gasteiger partial charge in [-0.25, -0.2) is 0 Å². The maximum absolute atomic E-state index is 8.79. The van der Waals surface area contributed by atoms with Crippen molar-refractivity contribution in [2.45, 2.75) is 20.1 Å². The Labute approximate surface area is 71.0 Å². The first-order valence-electron chi connectivity index (χ1n) is 3.85. The van der Waals surface area contributed by atoms with E-state index in [-0.39, 0.29) is 6.61 Å². The third kappa shape index (κ3) is 1.80. The van der Waals surface area contributed by atoms with Crippen LogP contribution in [0.1, 0.15) is 18.6 Å². The largest absolute Gasteiger partial charge is 0.388 e. The second kappa shape index (κ2) is 4.18. The maximum atomic E-state index is 8.79. The average molecular weight is 171 g/mol.